The lowest BCUT2D eigenvalue weighted by Gasteiger charge is -2.06. The molecule has 0 spiro atoms. The van der Waals surface area contributed by atoms with Crippen molar-refractivity contribution in [3.8, 4) is 0 Å². The summed E-state index contributed by atoms with van der Waals surface area (Å²) in [6, 6.07) is 0. The van der Waals surface area contributed by atoms with E-state index in [9.17, 15) is 14.9 Å². The second kappa shape index (κ2) is 3.23. The summed E-state index contributed by atoms with van der Waals surface area (Å²) in [5.74, 6) is 0.0324. The Kier molecular flexibility index (Phi) is 2.03. The van der Waals surface area contributed by atoms with Crippen LogP contribution in [-0.4, -0.2) is 33.9 Å². The Labute approximate surface area is 84.2 Å². The smallest absolute Gasteiger partial charge is 0.415 e. The minimum Gasteiger partial charge on any atom is -0.447 e. The fourth-order valence-corrected chi connectivity index (χ4v) is 1.37. The first-order valence-corrected chi connectivity index (χ1v) is 4.22. The van der Waals surface area contributed by atoms with Crippen LogP contribution in [0.2, 0.25) is 0 Å². The molecule has 8 heteroatoms. The average Bonchev–Trinajstić information content (AvgIpc) is 2.71. The molecule has 0 aromatic carbocycles. The number of aromatic nitrogens is 2. The molecule has 0 unspecified atom stereocenters. The SMILES string of the molecule is Cn1cc([N+](=O)[O-])c(N2CCOC2=O)n1. The fourth-order valence-electron chi connectivity index (χ4n) is 1.37. The van der Waals surface area contributed by atoms with Crippen LogP contribution in [0.3, 0.4) is 0 Å². The number of nitrogens with zero attached hydrogens (tertiary/aromatic N) is 4. The summed E-state index contributed by atoms with van der Waals surface area (Å²) in [5.41, 5.74) is -0.198. The van der Waals surface area contributed by atoms with Gasteiger partial charge in [-0.1, -0.05) is 0 Å². The van der Waals surface area contributed by atoms with E-state index in [4.69, 9.17) is 0 Å². The van der Waals surface area contributed by atoms with Crippen LogP contribution in [0.25, 0.3) is 0 Å². The molecule has 2 rings (SSSR count). The van der Waals surface area contributed by atoms with E-state index in [-0.39, 0.29) is 24.7 Å². The molecule has 0 saturated carbocycles. The fraction of sp³-hybridized carbons (Fsp3) is 0.429. The molecule has 1 aliphatic rings. The van der Waals surface area contributed by atoms with Crippen LogP contribution in [0.1, 0.15) is 0 Å². The van der Waals surface area contributed by atoms with Gasteiger partial charge in [-0.3, -0.25) is 19.7 Å². The Morgan fingerprint density at radius 2 is 2.40 bits per heavy atom. The van der Waals surface area contributed by atoms with Crippen molar-refractivity contribution in [2.45, 2.75) is 0 Å². The van der Waals surface area contributed by atoms with Crippen molar-refractivity contribution >= 4 is 17.6 Å². The highest BCUT2D eigenvalue weighted by Crippen LogP contribution is 2.27. The summed E-state index contributed by atoms with van der Waals surface area (Å²) in [6.07, 6.45) is 0.651. The first kappa shape index (κ1) is 9.44. The van der Waals surface area contributed by atoms with Crippen LogP contribution in [0.4, 0.5) is 16.3 Å². The van der Waals surface area contributed by atoms with Gasteiger partial charge in [0.25, 0.3) is 0 Å². The van der Waals surface area contributed by atoms with Crippen LogP contribution >= 0.6 is 0 Å². The van der Waals surface area contributed by atoms with Gasteiger partial charge < -0.3 is 4.74 Å². The molecular weight excluding hydrogens is 204 g/mol. The lowest BCUT2D eigenvalue weighted by molar-refractivity contribution is -0.384. The predicted molar refractivity (Wildman–Crippen MR) is 48.6 cm³/mol. The Morgan fingerprint density at radius 1 is 1.67 bits per heavy atom. The maximum Gasteiger partial charge on any atom is 0.415 e. The first-order valence-electron chi connectivity index (χ1n) is 4.22. The third kappa shape index (κ3) is 1.49. The predicted octanol–water partition coefficient (Wildman–Crippen LogP) is 0.285. The number of carbonyl (C=O) groups excluding carboxylic acids is 1. The van der Waals surface area contributed by atoms with Gasteiger partial charge in [-0.05, 0) is 0 Å². The van der Waals surface area contributed by atoms with Gasteiger partial charge in [0.2, 0.25) is 5.82 Å². The average molecular weight is 212 g/mol. The van der Waals surface area contributed by atoms with E-state index < -0.39 is 11.0 Å². The minimum atomic E-state index is -0.600. The number of hydrogen-bond acceptors (Lipinski definition) is 5. The summed E-state index contributed by atoms with van der Waals surface area (Å²) in [5, 5.41) is 14.5. The number of nitro groups is 1. The van der Waals surface area contributed by atoms with Crippen LogP contribution in [0.15, 0.2) is 6.20 Å². The van der Waals surface area contributed by atoms with Crippen molar-refractivity contribution in [3.05, 3.63) is 16.3 Å². The molecular formula is C7H8N4O4. The Balaban J connectivity index is 2.42. The summed E-state index contributed by atoms with van der Waals surface area (Å²) in [7, 11) is 1.55. The second-order valence-corrected chi connectivity index (χ2v) is 3.03. The summed E-state index contributed by atoms with van der Waals surface area (Å²) in [6.45, 7) is 0.517. The maximum absolute atomic E-state index is 11.2. The molecule has 1 aromatic heterocycles. The van der Waals surface area contributed by atoms with Gasteiger partial charge in [0.1, 0.15) is 12.8 Å². The van der Waals surface area contributed by atoms with Crippen molar-refractivity contribution < 1.29 is 14.5 Å². The van der Waals surface area contributed by atoms with Gasteiger partial charge in [0.15, 0.2) is 0 Å². The highest BCUT2D eigenvalue weighted by atomic mass is 16.6. The number of rotatable bonds is 2. The molecule has 0 aliphatic carbocycles. The Bertz CT molecular complexity index is 427. The van der Waals surface area contributed by atoms with E-state index >= 15 is 0 Å². The minimum absolute atomic E-state index is 0.0324. The van der Waals surface area contributed by atoms with E-state index in [2.05, 4.69) is 9.84 Å². The molecule has 1 fully saturated rings. The van der Waals surface area contributed by atoms with Gasteiger partial charge in [-0.2, -0.15) is 0 Å². The highest BCUT2D eigenvalue weighted by molar-refractivity contribution is 5.90. The van der Waals surface area contributed by atoms with Crippen molar-refractivity contribution in [2.24, 2.45) is 7.05 Å². The number of aryl methyl sites for hydroxylation is 1. The number of ether oxygens (including phenoxy) is 1. The monoisotopic (exact) mass is 212 g/mol. The zero-order valence-electron chi connectivity index (χ0n) is 7.91. The molecule has 1 saturated heterocycles. The normalized spacial score (nSPS) is 15.5. The Hall–Kier alpha value is -2.12. The van der Waals surface area contributed by atoms with Gasteiger partial charge in [-0.25, -0.2) is 4.79 Å². The third-order valence-corrected chi connectivity index (χ3v) is 2.00. The summed E-state index contributed by atoms with van der Waals surface area (Å²) >= 11 is 0. The largest absolute Gasteiger partial charge is 0.447 e. The van der Waals surface area contributed by atoms with Crippen molar-refractivity contribution in [3.63, 3.8) is 0 Å². The first-order chi connectivity index (χ1) is 7.09. The van der Waals surface area contributed by atoms with Crippen LogP contribution in [-0.2, 0) is 11.8 Å². The number of anilines is 1. The molecule has 1 aromatic rings. The van der Waals surface area contributed by atoms with Gasteiger partial charge in [0.05, 0.1) is 11.5 Å². The number of hydrogen-bond donors (Lipinski definition) is 0. The standard InChI is InChI=1S/C7H8N4O4/c1-9-4-5(11(13)14)6(8-9)10-2-3-15-7(10)12/h4H,2-3H2,1H3. The molecule has 15 heavy (non-hydrogen) atoms. The van der Waals surface area contributed by atoms with Crippen LogP contribution in [0.5, 0.6) is 0 Å². The molecule has 1 amide bonds. The van der Waals surface area contributed by atoms with E-state index in [1.54, 1.807) is 7.05 Å². The molecule has 2 heterocycles. The highest BCUT2D eigenvalue weighted by Gasteiger charge is 2.32. The topological polar surface area (TPSA) is 90.5 Å². The molecule has 0 atom stereocenters. The third-order valence-electron chi connectivity index (χ3n) is 2.00. The van der Waals surface area contributed by atoms with Crippen molar-refractivity contribution in [2.75, 3.05) is 18.1 Å². The number of cyclic esters (lactones) is 1. The lowest BCUT2D eigenvalue weighted by atomic mass is 10.4. The summed E-state index contributed by atoms with van der Waals surface area (Å²) < 4.78 is 5.97. The van der Waals surface area contributed by atoms with Gasteiger partial charge >= 0.3 is 11.8 Å². The molecule has 0 bridgehead atoms. The van der Waals surface area contributed by atoms with Crippen LogP contribution < -0.4 is 4.90 Å². The molecule has 8 nitrogen and oxygen atoms in total. The van der Waals surface area contributed by atoms with E-state index in [1.165, 1.54) is 10.9 Å². The zero-order chi connectivity index (χ0) is 11.0. The molecule has 80 valence electrons. The van der Waals surface area contributed by atoms with Gasteiger partial charge in [0, 0.05) is 7.05 Å². The number of carbonyl (C=O) groups is 1. The molecule has 0 N–H and O–H groups in total. The quantitative estimate of drug-likeness (QED) is 0.518. The zero-order valence-corrected chi connectivity index (χ0v) is 7.91. The second-order valence-electron chi connectivity index (χ2n) is 3.03. The number of amides is 1. The maximum atomic E-state index is 11.2. The molecule has 1 aliphatic heterocycles. The molecule has 0 radical (unpaired) electrons. The van der Waals surface area contributed by atoms with E-state index in [0.29, 0.717) is 0 Å². The van der Waals surface area contributed by atoms with Crippen molar-refractivity contribution in [1.29, 1.82) is 0 Å². The van der Waals surface area contributed by atoms with E-state index in [0.717, 1.165) is 4.90 Å². The summed E-state index contributed by atoms with van der Waals surface area (Å²) in [4.78, 5) is 22.4. The van der Waals surface area contributed by atoms with Crippen molar-refractivity contribution in [1.82, 2.24) is 9.78 Å². The van der Waals surface area contributed by atoms with E-state index in [1.807, 2.05) is 0 Å². The Morgan fingerprint density at radius 3 is 2.93 bits per heavy atom. The van der Waals surface area contributed by atoms with Crippen LogP contribution in [0, 0.1) is 10.1 Å². The lowest BCUT2D eigenvalue weighted by Crippen LogP contribution is -2.24. The van der Waals surface area contributed by atoms with Gasteiger partial charge in [-0.15, -0.1) is 5.10 Å².